The van der Waals surface area contributed by atoms with Crippen LogP contribution in [0.25, 0.3) is 10.2 Å². The summed E-state index contributed by atoms with van der Waals surface area (Å²) in [5.74, 6) is -0.361. The number of sulfonamides is 1. The van der Waals surface area contributed by atoms with Gasteiger partial charge in [-0.15, -0.1) is 0 Å². The van der Waals surface area contributed by atoms with E-state index in [1.54, 1.807) is 19.9 Å². The molecule has 1 amide bonds. The van der Waals surface area contributed by atoms with Crippen molar-refractivity contribution in [1.29, 1.82) is 0 Å². The second kappa shape index (κ2) is 8.16. The molecule has 0 saturated heterocycles. The van der Waals surface area contributed by atoms with Crippen LogP contribution in [0.2, 0.25) is 5.02 Å². The molecule has 3 rings (SSSR count). The maximum atomic E-state index is 12.5. The van der Waals surface area contributed by atoms with E-state index >= 15 is 0 Å². The summed E-state index contributed by atoms with van der Waals surface area (Å²) >= 11 is 7.50. The van der Waals surface area contributed by atoms with Crippen LogP contribution in [-0.2, 0) is 10.0 Å². The number of aryl methyl sites for hydroxylation is 1. The van der Waals surface area contributed by atoms with Gasteiger partial charge in [0.25, 0.3) is 5.91 Å². The third-order valence-corrected chi connectivity index (χ3v) is 7.87. The van der Waals surface area contributed by atoms with E-state index in [-0.39, 0.29) is 10.8 Å². The van der Waals surface area contributed by atoms with Crippen LogP contribution >= 0.6 is 22.9 Å². The molecule has 0 saturated carbocycles. The number of carbonyl (C=O) groups is 1. The molecular weight excluding hydrogens is 418 g/mol. The lowest BCUT2D eigenvalue weighted by Gasteiger charge is -2.18. The van der Waals surface area contributed by atoms with Crippen molar-refractivity contribution in [2.75, 3.05) is 18.4 Å². The molecule has 1 N–H and O–H groups in total. The van der Waals surface area contributed by atoms with Crippen LogP contribution in [0, 0.1) is 6.92 Å². The zero-order chi connectivity index (χ0) is 20.5. The first-order chi connectivity index (χ1) is 13.3. The Morgan fingerprint density at radius 2 is 1.79 bits per heavy atom. The van der Waals surface area contributed by atoms with E-state index < -0.39 is 10.0 Å². The maximum absolute atomic E-state index is 12.5. The van der Waals surface area contributed by atoms with Gasteiger partial charge < -0.3 is 0 Å². The van der Waals surface area contributed by atoms with E-state index in [9.17, 15) is 13.2 Å². The van der Waals surface area contributed by atoms with E-state index in [2.05, 4.69) is 10.3 Å². The standard InChI is InChI=1S/C19H20ClN3O3S2/c1-4-23(5-2)28(25,26)14-9-7-13(8-10-14)18(24)22-19-21-16-12(3)6-11-15(20)17(16)27-19/h6-11H,4-5H2,1-3H3,(H,21,22,24). The van der Waals surface area contributed by atoms with Crippen molar-refractivity contribution in [3.63, 3.8) is 0 Å². The van der Waals surface area contributed by atoms with Gasteiger partial charge in [-0.2, -0.15) is 4.31 Å². The van der Waals surface area contributed by atoms with Gasteiger partial charge in [0.15, 0.2) is 5.13 Å². The number of anilines is 1. The topological polar surface area (TPSA) is 79.4 Å². The van der Waals surface area contributed by atoms with Crippen molar-refractivity contribution in [3.8, 4) is 0 Å². The van der Waals surface area contributed by atoms with Crippen LogP contribution in [-0.4, -0.2) is 36.7 Å². The number of amides is 1. The minimum absolute atomic E-state index is 0.162. The Balaban J connectivity index is 1.82. The van der Waals surface area contributed by atoms with E-state index in [0.29, 0.717) is 28.8 Å². The number of rotatable bonds is 6. The number of nitrogens with one attached hydrogen (secondary N) is 1. The zero-order valence-electron chi connectivity index (χ0n) is 15.7. The first-order valence-corrected chi connectivity index (χ1v) is 11.4. The van der Waals surface area contributed by atoms with Gasteiger partial charge in [0.1, 0.15) is 0 Å². The average Bonchev–Trinajstić information content (AvgIpc) is 3.11. The summed E-state index contributed by atoms with van der Waals surface area (Å²) in [6.45, 7) is 6.28. The van der Waals surface area contributed by atoms with Crippen molar-refractivity contribution >= 4 is 54.2 Å². The molecule has 0 spiro atoms. The Morgan fingerprint density at radius 1 is 1.14 bits per heavy atom. The normalized spacial score (nSPS) is 11.9. The molecule has 0 aliphatic carbocycles. The molecule has 0 atom stereocenters. The molecule has 148 valence electrons. The second-order valence-electron chi connectivity index (χ2n) is 6.13. The number of hydrogen-bond donors (Lipinski definition) is 1. The highest BCUT2D eigenvalue weighted by atomic mass is 35.5. The third kappa shape index (κ3) is 3.91. The van der Waals surface area contributed by atoms with Gasteiger partial charge in [-0.3, -0.25) is 10.1 Å². The monoisotopic (exact) mass is 437 g/mol. The Hall–Kier alpha value is -2.00. The minimum atomic E-state index is -3.55. The van der Waals surface area contributed by atoms with Crippen LogP contribution in [0.4, 0.5) is 5.13 Å². The predicted octanol–water partition coefficient (Wildman–Crippen LogP) is 4.54. The minimum Gasteiger partial charge on any atom is -0.298 e. The van der Waals surface area contributed by atoms with Gasteiger partial charge in [-0.05, 0) is 42.8 Å². The van der Waals surface area contributed by atoms with Crippen LogP contribution < -0.4 is 5.32 Å². The van der Waals surface area contributed by atoms with Gasteiger partial charge >= 0.3 is 0 Å². The van der Waals surface area contributed by atoms with Gasteiger partial charge in [0.2, 0.25) is 10.0 Å². The molecular formula is C19H20ClN3O3S2. The highest BCUT2D eigenvalue weighted by molar-refractivity contribution is 7.89. The highest BCUT2D eigenvalue weighted by Gasteiger charge is 2.22. The molecule has 0 unspecified atom stereocenters. The van der Waals surface area contributed by atoms with Gasteiger partial charge in [-0.1, -0.05) is 42.9 Å². The fourth-order valence-electron chi connectivity index (χ4n) is 2.82. The quantitative estimate of drug-likeness (QED) is 0.613. The molecule has 0 bridgehead atoms. The van der Waals surface area contributed by atoms with Crippen LogP contribution in [0.3, 0.4) is 0 Å². The summed E-state index contributed by atoms with van der Waals surface area (Å²) < 4.78 is 27.3. The molecule has 9 heteroatoms. The van der Waals surface area contributed by atoms with E-state index in [0.717, 1.165) is 15.8 Å². The summed E-state index contributed by atoms with van der Waals surface area (Å²) in [5, 5.41) is 3.78. The molecule has 0 radical (unpaired) electrons. The number of carbonyl (C=O) groups excluding carboxylic acids is 1. The first-order valence-electron chi connectivity index (χ1n) is 8.75. The van der Waals surface area contributed by atoms with E-state index in [1.165, 1.54) is 39.9 Å². The summed E-state index contributed by atoms with van der Waals surface area (Å²) in [5.41, 5.74) is 2.08. The lowest BCUT2D eigenvalue weighted by molar-refractivity contribution is 0.102. The lowest BCUT2D eigenvalue weighted by atomic mass is 10.2. The van der Waals surface area contributed by atoms with Crippen LogP contribution in [0.15, 0.2) is 41.3 Å². The van der Waals surface area contributed by atoms with Gasteiger partial charge in [0, 0.05) is 18.7 Å². The predicted molar refractivity (Wildman–Crippen MR) is 114 cm³/mol. The number of thiazole rings is 1. The third-order valence-electron chi connectivity index (χ3n) is 4.38. The Kier molecular flexibility index (Phi) is 6.04. The molecule has 3 aromatic rings. The van der Waals surface area contributed by atoms with Gasteiger partial charge in [0.05, 0.1) is 20.1 Å². The number of benzene rings is 2. The maximum Gasteiger partial charge on any atom is 0.257 e. The first kappa shape index (κ1) is 20.7. The molecule has 1 heterocycles. The summed E-state index contributed by atoms with van der Waals surface area (Å²) in [7, 11) is -3.55. The molecule has 6 nitrogen and oxygen atoms in total. The number of halogens is 1. The number of nitrogens with zero attached hydrogens (tertiary/aromatic N) is 2. The Bertz CT molecular complexity index is 1080. The summed E-state index contributed by atoms with van der Waals surface area (Å²) in [4.78, 5) is 17.1. The van der Waals surface area contributed by atoms with Crippen molar-refractivity contribution < 1.29 is 13.2 Å². The fourth-order valence-corrected chi connectivity index (χ4v) is 5.48. The molecule has 28 heavy (non-hydrogen) atoms. The number of aromatic nitrogens is 1. The smallest absolute Gasteiger partial charge is 0.257 e. The molecule has 0 aliphatic rings. The number of fused-ring (bicyclic) bond motifs is 1. The molecule has 0 fully saturated rings. The fraction of sp³-hybridized carbons (Fsp3) is 0.263. The Morgan fingerprint density at radius 3 is 2.36 bits per heavy atom. The average molecular weight is 438 g/mol. The van der Waals surface area contributed by atoms with E-state index in [1.807, 2.05) is 13.0 Å². The van der Waals surface area contributed by atoms with Crippen LogP contribution in [0.5, 0.6) is 0 Å². The molecule has 1 aromatic heterocycles. The van der Waals surface area contributed by atoms with Crippen LogP contribution in [0.1, 0.15) is 29.8 Å². The molecule has 2 aromatic carbocycles. The van der Waals surface area contributed by atoms with Crippen molar-refractivity contribution in [2.45, 2.75) is 25.7 Å². The number of hydrogen-bond acceptors (Lipinski definition) is 5. The highest BCUT2D eigenvalue weighted by Crippen LogP contribution is 2.34. The van der Waals surface area contributed by atoms with Gasteiger partial charge in [-0.25, -0.2) is 13.4 Å². The summed E-state index contributed by atoms with van der Waals surface area (Å²) in [6.07, 6.45) is 0. The van der Waals surface area contributed by atoms with Crippen molar-refractivity contribution in [2.24, 2.45) is 0 Å². The van der Waals surface area contributed by atoms with E-state index in [4.69, 9.17) is 11.6 Å². The second-order valence-corrected chi connectivity index (χ2v) is 9.47. The SMILES string of the molecule is CCN(CC)S(=O)(=O)c1ccc(C(=O)Nc2nc3c(C)ccc(Cl)c3s2)cc1. The molecule has 0 aliphatic heterocycles. The summed E-state index contributed by atoms with van der Waals surface area (Å²) in [6, 6.07) is 9.57. The Labute approximate surface area is 173 Å². The largest absolute Gasteiger partial charge is 0.298 e. The van der Waals surface area contributed by atoms with Crippen molar-refractivity contribution in [3.05, 3.63) is 52.5 Å². The lowest BCUT2D eigenvalue weighted by Crippen LogP contribution is -2.30. The van der Waals surface area contributed by atoms with Crippen molar-refractivity contribution in [1.82, 2.24) is 9.29 Å². The zero-order valence-corrected chi connectivity index (χ0v) is 18.1.